The third-order valence-electron chi connectivity index (χ3n) is 6.75. The van der Waals surface area contributed by atoms with E-state index in [0.29, 0.717) is 24.6 Å². The van der Waals surface area contributed by atoms with E-state index in [2.05, 4.69) is 6.07 Å². The van der Waals surface area contributed by atoms with Gasteiger partial charge in [0.2, 0.25) is 0 Å². The number of nitrogens with zero attached hydrogens (tertiary/aromatic N) is 2. The molecule has 1 aromatic heterocycles. The van der Waals surface area contributed by atoms with E-state index in [1.165, 1.54) is 6.26 Å². The summed E-state index contributed by atoms with van der Waals surface area (Å²) in [6.45, 7) is 3.08. The third-order valence-corrected chi connectivity index (χ3v) is 6.75. The summed E-state index contributed by atoms with van der Waals surface area (Å²) in [6.07, 6.45) is 2.24. The summed E-state index contributed by atoms with van der Waals surface area (Å²) >= 11 is 0. The Balaban J connectivity index is 1.39. The van der Waals surface area contributed by atoms with E-state index in [1.54, 1.807) is 24.1 Å². The third kappa shape index (κ3) is 5.43. The van der Waals surface area contributed by atoms with Crippen LogP contribution in [0, 0.1) is 6.92 Å². The average Bonchev–Trinajstić information content (AvgIpc) is 3.46. The Bertz CT molecular complexity index is 1380. The van der Waals surface area contributed by atoms with Crippen LogP contribution in [0.4, 0.5) is 0 Å². The highest BCUT2D eigenvalue weighted by atomic mass is 16.5. The highest BCUT2D eigenvalue weighted by molar-refractivity contribution is 5.92. The number of benzene rings is 3. The number of rotatable bonds is 7. The van der Waals surface area contributed by atoms with Crippen molar-refractivity contribution in [2.75, 3.05) is 20.2 Å². The van der Waals surface area contributed by atoms with E-state index >= 15 is 0 Å². The van der Waals surface area contributed by atoms with Crippen LogP contribution in [0.2, 0.25) is 0 Å². The zero-order valence-electron chi connectivity index (χ0n) is 21.1. The van der Waals surface area contributed by atoms with Crippen LogP contribution in [-0.4, -0.2) is 41.8 Å². The molecule has 0 aliphatic carbocycles. The van der Waals surface area contributed by atoms with Gasteiger partial charge in [-0.15, -0.1) is 0 Å². The van der Waals surface area contributed by atoms with Gasteiger partial charge in [0.25, 0.3) is 11.8 Å². The van der Waals surface area contributed by atoms with Crippen molar-refractivity contribution in [2.24, 2.45) is 0 Å². The van der Waals surface area contributed by atoms with Gasteiger partial charge in [0, 0.05) is 20.1 Å². The van der Waals surface area contributed by atoms with Crippen LogP contribution in [0.1, 0.15) is 44.4 Å². The lowest BCUT2D eigenvalue weighted by atomic mass is 9.87. The number of furan rings is 1. The Kier molecular flexibility index (Phi) is 7.08. The van der Waals surface area contributed by atoms with E-state index in [-0.39, 0.29) is 24.5 Å². The highest BCUT2D eigenvalue weighted by Gasteiger charge is 2.34. The number of aryl methyl sites for hydroxylation is 1. The number of hydrogen-bond donors (Lipinski definition) is 0. The smallest absolute Gasteiger partial charge is 0.290 e. The Morgan fingerprint density at radius 1 is 1.00 bits per heavy atom. The molecule has 0 spiro atoms. The molecule has 1 atom stereocenters. The summed E-state index contributed by atoms with van der Waals surface area (Å²) in [5.41, 5.74) is 5.37. The maximum Gasteiger partial charge on any atom is 0.290 e. The first-order chi connectivity index (χ1) is 18.0. The number of carbonyl (C=O) groups excluding carboxylic acids is 2. The first-order valence-electron chi connectivity index (χ1n) is 12.4. The molecule has 1 aliphatic heterocycles. The van der Waals surface area contributed by atoms with E-state index < -0.39 is 0 Å². The van der Waals surface area contributed by atoms with Crippen LogP contribution in [-0.2, 0) is 17.8 Å². The summed E-state index contributed by atoms with van der Waals surface area (Å²) in [7, 11) is 1.78. The van der Waals surface area contributed by atoms with E-state index in [1.807, 2.05) is 78.6 Å². The molecule has 0 unspecified atom stereocenters. The van der Waals surface area contributed by atoms with Crippen LogP contribution < -0.4 is 4.74 Å². The maximum absolute atomic E-state index is 13.4. The van der Waals surface area contributed by atoms with Gasteiger partial charge in [0.15, 0.2) is 12.4 Å². The van der Waals surface area contributed by atoms with Gasteiger partial charge in [-0.1, -0.05) is 66.2 Å². The zero-order valence-corrected chi connectivity index (χ0v) is 21.1. The minimum Gasteiger partial charge on any atom is -0.484 e. The molecule has 6 heteroatoms. The van der Waals surface area contributed by atoms with Crippen LogP contribution >= 0.6 is 0 Å². The Labute approximate surface area is 217 Å². The van der Waals surface area contributed by atoms with Crippen molar-refractivity contribution in [1.29, 1.82) is 0 Å². The predicted molar refractivity (Wildman–Crippen MR) is 141 cm³/mol. The summed E-state index contributed by atoms with van der Waals surface area (Å²) in [6, 6.07) is 27.1. The molecule has 3 aromatic carbocycles. The van der Waals surface area contributed by atoms with Gasteiger partial charge in [0.05, 0.1) is 12.3 Å². The van der Waals surface area contributed by atoms with Gasteiger partial charge in [-0.2, -0.15) is 0 Å². The lowest BCUT2D eigenvalue weighted by molar-refractivity contribution is -0.132. The van der Waals surface area contributed by atoms with Gasteiger partial charge in [-0.05, 0) is 59.9 Å². The van der Waals surface area contributed by atoms with E-state index in [4.69, 9.17) is 9.15 Å². The predicted octanol–water partition coefficient (Wildman–Crippen LogP) is 5.41. The summed E-state index contributed by atoms with van der Waals surface area (Å²) in [5.74, 6) is 0.670. The Morgan fingerprint density at radius 2 is 1.84 bits per heavy atom. The second kappa shape index (κ2) is 10.7. The van der Waals surface area contributed by atoms with Crippen LogP contribution in [0.15, 0.2) is 95.6 Å². The van der Waals surface area contributed by atoms with E-state index in [0.717, 1.165) is 34.2 Å². The molecule has 5 rings (SSSR count). The highest BCUT2D eigenvalue weighted by Crippen LogP contribution is 2.38. The molecule has 0 radical (unpaired) electrons. The van der Waals surface area contributed by atoms with Crippen molar-refractivity contribution < 1.29 is 18.7 Å². The molecule has 0 saturated heterocycles. The fraction of sp³-hybridized carbons (Fsp3) is 0.226. The first-order valence-corrected chi connectivity index (χ1v) is 12.4. The number of hydrogen-bond acceptors (Lipinski definition) is 4. The number of fused-ring (bicyclic) bond motifs is 1. The molecule has 188 valence electrons. The van der Waals surface area contributed by atoms with E-state index in [9.17, 15) is 9.59 Å². The van der Waals surface area contributed by atoms with Gasteiger partial charge in [0.1, 0.15) is 5.75 Å². The van der Waals surface area contributed by atoms with Crippen LogP contribution in [0.3, 0.4) is 0 Å². The quantitative estimate of drug-likeness (QED) is 0.345. The number of ether oxygens (including phenoxy) is 1. The summed E-state index contributed by atoms with van der Waals surface area (Å²) < 4.78 is 11.4. The van der Waals surface area contributed by atoms with Gasteiger partial charge in [-0.25, -0.2) is 0 Å². The van der Waals surface area contributed by atoms with Crippen molar-refractivity contribution in [3.05, 3.63) is 125 Å². The van der Waals surface area contributed by atoms with Crippen molar-refractivity contribution in [1.82, 2.24) is 9.80 Å². The SMILES string of the molecule is Cc1cccc([C@@H]2c3cc(OCC(=O)N(C)Cc4ccccc4)ccc3CCN2C(=O)c2ccco2)c1. The minimum absolute atomic E-state index is 0.0632. The van der Waals surface area contributed by atoms with Crippen molar-refractivity contribution >= 4 is 11.8 Å². The van der Waals surface area contributed by atoms with Crippen molar-refractivity contribution in [2.45, 2.75) is 25.9 Å². The molecule has 37 heavy (non-hydrogen) atoms. The number of amides is 2. The molecule has 0 bridgehead atoms. The van der Waals surface area contributed by atoms with Gasteiger partial charge < -0.3 is 19.0 Å². The Hall–Kier alpha value is -4.32. The zero-order chi connectivity index (χ0) is 25.8. The van der Waals surface area contributed by atoms with Gasteiger partial charge in [-0.3, -0.25) is 9.59 Å². The Morgan fingerprint density at radius 3 is 2.59 bits per heavy atom. The largest absolute Gasteiger partial charge is 0.484 e. The lowest BCUT2D eigenvalue weighted by Gasteiger charge is -2.37. The minimum atomic E-state index is -0.291. The topological polar surface area (TPSA) is 63.0 Å². The number of carbonyl (C=O) groups is 2. The first kappa shape index (κ1) is 24.4. The molecular weight excluding hydrogens is 464 g/mol. The number of likely N-dealkylation sites (N-methyl/N-ethyl adjacent to an activating group) is 1. The van der Waals surface area contributed by atoms with Crippen molar-refractivity contribution in [3.8, 4) is 5.75 Å². The molecule has 2 heterocycles. The van der Waals surface area contributed by atoms with Gasteiger partial charge >= 0.3 is 0 Å². The summed E-state index contributed by atoms with van der Waals surface area (Å²) in [5, 5.41) is 0. The molecule has 0 fully saturated rings. The fourth-order valence-corrected chi connectivity index (χ4v) is 4.84. The monoisotopic (exact) mass is 494 g/mol. The molecule has 0 N–H and O–H groups in total. The average molecular weight is 495 g/mol. The van der Waals surface area contributed by atoms with Crippen LogP contribution in [0.25, 0.3) is 0 Å². The molecule has 1 aliphatic rings. The lowest BCUT2D eigenvalue weighted by Crippen LogP contribution is -2.40. The summed E-state index contributed by atoms with van der Waals surface area (Å²) in [4.78, 5) is 29.7. The molecule has 6 nitrogen and oxygen atoms in total. The van der Waals surface area contributed by atoms with Crippen molar-refractivity contribution in [3.63, 3.8) is 0 Å². The molecular formula is C31H30N2O4. The molecule has 0 saturated carbocycles. The normalized spacial score (nSPS) is 14.6. The second-order valence-electron chi connectivity index (χ2n) is 9.43. The molecule has 4 aromatic rings. The van der Waals surface area contributed by atoms with Crippen LogP contribution in [0.5, 0.6) is 5.75 Å². The second-order valence-corrected chi connectivity index (χ2v) is 9.43. The maximum atomic E-state index is 13.4. The molecule has 2 amide bonds. The fourth-order valence-electron chi connectivity index (χ4n) is 4.84. The standard InChI is InChI=1S/C31H30N2O4/c1-22-8-6-11-25(18-22)30-27-19-26(37-21-29(34)32(2)20-23-9-4-3-5-10-23)14-13-24(27)15-16-33(30)31(35)28-12-7-17-36-28/h3-14,17-19,30H,15-16,20-21H2,1-2H3/t30-/m1/s1.